The summed E-state index contributed by atoms with van der Waals surface area (Å²) in [6.45, 7) is 0. The zero-order valence-electron chi connectivity index (χ0n) is 30.0. The van der Waals surface area contributed by atoms with Crippen molar-refractivity contribution in [1.29, 1.82) is 0 Å². The monoisotopic (exact) mass is 730 g/mol. The van der Waals surface area contributed by atoms with E-state index < -0.39 is 0 Å². The molecular weight excluding hydrogens is 701 g/mol. The molecule has 4 nitrogen and oxygen atoms in total. The molecular formula is C51H30N4S. The number of nitrogens with zero attached hydrogens (tertiary/aromatic N) is 4. The number of benzene rings is 9. The maximum absolute atomic E-state index is 5.38. The fourth-order valence-electron chi connectivity index (χ4n) is 8.66. The molecule has 260 valence electrons. The minimum absolute atomic E-state index is 0.649. The molecule has 3 heterocycles. The number of hydrogen-bond acceptors (Lipinski definition) is 4. The Morgan fingerprint density at radius 3 is 1.80 bits per heavy atom. The van der Waals surface area contributed by atoms with Gasteiger partial charge in [0.2, 0.25) is 0 Å². The fraction of sp³-hybridized carbons (Fsp3) is 0. The summed E-state index contributed by atoms with van der Waals surface area (Å²) in [5.74, 6) is 1.96. The predicted octanol–water partition coefficient (Wildman–Crippen LogP) is 13.8. The van der Waals surface area contributed by atoms with Crippen LogP contribution in [0, 0.1) is 0 Å². The maximum atomic E-state index is 5.38. The molecule has 0 radical (unpaired) electrons. The van der Waals surface area contributed by atoms with E-state index in [9.17, 15) is 0 Å². The molecule has 0 aliphatic heterocycles. The molecule has 0 aliphatic rings. The van der Waals surface area contributed by atoms with E-state index in [0.29, 0.717) is 17.5 Å². The summed E-state index contributed by atoms with van der Waals surface area (Å²) in [5.41, 5.74) is 6.43. The summed E-state index contributed by atoms with van der Waals surface area (Å²) in [5, 5.41) is 12.0. The summed E-state index contributed by atoms with van der Waals surface area (Å²) in [6, 6.07) is 64.9. The minimum atomic E-state index is 0.649. The highest BCUT2D eigenvalue weighted by atomic mass is 32.1. The van der Waals surface area contributed by atoms with Gasteiger partial charge in [-0.1, -0.05) is 140 Å². The smallest absolute Gasteiger partial charge is 0.165 e. The summed E-state index contributed by atoms with van der Waals surface area (Å²) < 4.78 is 4.83. The Morgan fingerprint density at radius 2 is 0.982 bits per heavy atom. The van der Waals surface area contributed by atoms with Crippen molar-refractivity contribution in [1.82, 2.24) is 19.5 Å². The molecule has 0 spiro atoms. The van der Waals surface area contributed by atoms with Crippen molar-refractivity contribution in [2.24, 2.45) is 0 Å². The predicted molar refractivity (Wildman–Crippen MR) is 236 cm³/mol. The van der Waals surface area contributed by atoms with E-state index in [1.165, 1.54) is 58.8 Å². The Balaban J connectivity index is 1.17. The molecule has 56 heavy (non-hydrogen) atoms. The Hall–Kier alpha value is -7.21. The zero-order valence-corrected chi connectivity index (χ0v) is 30.8. The molecule has 0 fully saturated rings. The molecule has 0 aliphatic carbocycles. The molecule has 0 saturated carbocycles. The summed E-state index contributed by atoms with van der Waals surface area (Å²) in [6.07, 6.45) is 0. The molecule has 0 unspecified atom stereocenters. The molecule has 12 aromatic rings. The van der Waals surface area contributed by atoms with Crippen LogP contribution in [0.4, 0.5) is 0 Å². The Labute approximate surface area is 325 Å². The average molecular weight is 731 g/mol. The van der Waals surface area contributed by atoms with Crippen LogP contribution in [0.1, 0.15) is 0 Å². The number of aromatic nitrogens is 4. The normalized spacial score (nSPS) is 11.9. The second kappa shape index (κ2) is 12.2. The Kier molecular flexibility index (Phi) is 6.76. The zero-order chi connectivity index (χ0) is 36.7. The number of thiophene rings is 1. The lowest BCUT2D eigenvalue weighted by Crippen LogP contribution is -2.01. The third-order valence-electron chi connectivity index (χ3n) is 11.2. The molecule has 5 heteroatoms. The highest BCUT2D eigenvalue weighted by Crippen LogP contribution is 2.45. The molecule has 12 rings (SSSR count). The van der Waals surface area contributed by atoms with Crippen molar-refractivity contribution in [3.05, 3.63) is 182 Å². The lowest BCUT2D eigenvalue weighted by atomic mass is 9.97. The van der Waals surface area contributed by atoms with E-state index >= 15 is 0 Å². The van der Waals surface area contributed by atoms with Gasteiger partial charge in [-0.15, -0.1) is 11.3 Å². The van der Waals surface area contributed by atoms with Gasteiger partial charge in [-0.3, -0.25) is 0 Å². The second-order valence-corrected chi connectivity index (χ2v) is 15.4. The molecule has 9 aromatic carbocycles. The second-order valence-electron chi connectivity index (χ2n) is 14.4. The van der Waals surface area contributed by atoms with Crippen LogP contribution >= 0.6 is 11.3 Å². The first-order valence-corrected chi connectivity index (χ1v) is 19.7. The number of hydrogen-bond donors (Lipinski definition) is 0. The lowest BCUT2D eigenvalue weighted by molar-refractivity contribution is 1.08. The van der Waals surface area contributed by atoms with Crippen LogP contribution in [0.15, 0.2) is 182 Å². The van der Waals surface area contributed by atoms with Crippen molar-refractivity contribution < 1.29 is 0 Å². The summed E-state index contributed by atoms with van der Waals surface area (Å²) in [4.78, 5) is 15.9. The van der Waals surface area contributed by atoms with Crippen LogP contribution in [0.2, 0.25) is 0 Å². The van der Waals surface area contributed by atoms with Gasteiger partial charge in [0.05, 0.1) is 16.7 Å². The van der Waals surface area contributed by atoms with Crippen LogP contribution < -0.4 is 0 Å². The van der Waals surface area contributed by atoms with Gasteiger partial charge in [0.1, 0.15) is 0 Å². The summed E-state index contributed by atoms with van der Waals surface area (Å²) >= 11 is 1.80. The Bertz CT molecular complexity index is 3540. The molecule has 0 bridgehead atoms. The summed E-state index contributed by atoms with van der Waals surface area (Å²) in [7, 11) is 0. The van der Waals surface area contributed by atoms with Gasteiger partial charge in [-0.25, -0.2) is 15.0 Å². The van der Waals surface area contributed by atoms with Crippen molar-refractivity contribution in [2.75, 3.05) is 0 Å². The molecule has 0 atom stereocenters. The van der Waals surface area contributed by atoms with E-state index in [0.717, 1.165) is 37.9 Å². The molecule has 0 amide bonds. The third kappa shape index (κ3) is 4.68. The topological polar surface area (TPSA) is 43.6 Å². The van der Waals surface area contributed by atoms with Gasteiger partial charge in [0.15, 0.2) is 17.5 Å². The van der Waals surface area contributed by atoms with Crippen LogP contribution in [0.5, 0.6) is 0 Å². The quantitative estimate of drug-likeness (QED) is 0.169. The average Bonchev–Trinajstić information content (AvgIpc) is 3.81. The lowest BCUT2D eigenvalue weighted by Gasteiger charge is -2.14. The van der Waals surface area contributed by atoms with Crippen molar-refractivity contribution in [3.63, 3.8) is 0 Å². The van der Waals surface area contributed by atoms with Crippen LogP contribution in [-0.2, 0) is 0 Å². The fourth-order valence-corrected chi connectivity index (χ4v) is 9.89. The largest absolute Gasteiger partial charge is 0.309 e. The molecule has 3 aromatic heterocycles. The van der Waals surface area contributed by atoms with Crippen molar-refractivity contribution in [3.8, 4) is 39.9 Å². The van der Waals surface area contributed by atoms with Gasteiger partial charge < -0.3 is 4.57 Å². The minimum Gasteiger partial charge on any atom is -0.309 e. The molecule has 0 N–H and O–H groups in total. The van der Waals surface area contributed by atoms with Crippen LogP contribution in [-0.4, -0.2) is 19.5 Å². The number of para-hydroxylation sites is 1. The van der Waals surface area contributed by atoms with E-state index in [1.807, 2.05) is 18.2 Å². The third-order valence-corrected chi connectivity index (χ3v) is 12.4. The van der Waals surface area contributed by atoms with E-state index in [-0.39, 0.29) is 0 Å². The van der Waals surface area contributed by atoms with Gasteiger partial charge >= 0.3 is 0 Å². The van der Waals surface area contributed by atoms with Gasteiger partial charge in [0.25, 0.3) is 0 Å². The molecule has 0 saturated heterocycles. The Morgan fingerprint density at radius 1 is 0.375 bits per heavy atom. The first-order chi connectivity index (χ1) is 27.8. The van der Waals surface area contributed by atoms with E-state index in [4.69, 9.17) is 15.0 Å². The SMILES string of the molecule is c1ccc(-c2nc(-c3cc4ccccc4c4ccccc34)nc(-c3ccc(-n4c5ccccc5c5cc6ccccc6cc54)c4c3sc3ccccc34)n2)cc1. The van der Waals surface area contributed by atoms with Gasteiger partial charge in [0, 0.05) is 47.6 Å². The van der Waals surface area contributed by atoms with Crippen LogP contribution in [0.3, 0.4) is 0 Å². The number of rotatable bonds is 4. The van der Waals surface area contributed by atoms with Gasteiger partial charge in [-0.2, -0.15) is 0 Å². The van der Waals surface area contributed by atoms with Crippen molar-refractivity contribution >= 4 is 85.6 Å². The van der Waals surface area contributed by atoms with E-state index in [1.54, 1.807) is 11.3 Å². The highest BCUT2D eigenvalue weighted by Gasteiger charge is 2.22. The van der Waals surface area contributed by atoms with E-state index in [2.05, 4.69) is 168 Å². The van der Waals surface area contributed by atoms with Crippen molar-refractivity contribution in [2.45, 2.75) is 0 Å². The van der Waals surface area contributed by atoms with Crippen LogP contribution in [0.25, 0.3) is 114 Å². The first kappa shape index (κ1) is 31.2. The number of fused-ring (bicyclic) bond motifs is 10. The standard InChI is InChI=1S/C51H30N4S/c1-2-14-31(15-3-1)49-52-50(54-51(53-49)42-29-34-18-6-7-19-35(34)36-20-8-9-21-37(36)42)40-26-27-44(47-39-23-11-13-25-46(39)56-48(40)47)55-43-24-12-10-22-38(43)41-28-32-16-4-5-17-33(32)30-45(41)55/h1-30H. The maximum Gasteiger partial charge on any atom is 0.165 e. The van der Waals surface area contributed by atoms with Gasteiger partial charge in [-0.05, 0) is 74.8 Å². The highest BCUT2D eigenvalue weighted by molar-refractivity contribution is 7.26. The first-order valence-electron chi connectivity index (χ1n) is 18.9.